The van der Waals surface area contributed by atoms with Crippen molar-refractivity contribution in [1.29, 1.82) is 0 Å². The molecule has 6 heteroatoms. The van der Waals surface area contributed by atoms with E-state index in [-0.39, 0.29) is 12.7 Å². The SMILES string of the molecule is CCOC(=O)c1cnc2ccc(OC)cc2c1Nc1ccc(OC(C)C)cc1. The van der Waals surface area contributed by atoms with Crippen LogP contribution in [0.2, 0.25) is 0 Å². The maximum atomic E-state index is 12.5. The second-order valence-electron chi connectivity index (χ2n) is 6.47. The summed E-state index contributed by atoms with van der Waals surface area (Å²) in [7, 11) is 1.60. The highest BCUT2D eigenvalue weighted by atomic mass is 16.5. The maximum absolute atomic E-state index is 12.5. The molecule has 0 amide bonds. The van der Waals surface area contributed by atoms with Crippen molar-refractivity contribution in [2.24, 2.45) is 0 Å². The van der Waals surface area contributed by atoms with Gasteiger partial charge in [-0.1, -0.05) is 0 Å². The number of hydrogen-bond acceptors (Lipinski definition) is 6. The van der Waals surface area contributed by atoms with Crippen LogP contribution in [0.25, 0.3) is 10.9 Å². The summed E-state index contributed by atoms with van der Waals surface area (Å²) < 4.78 is 16.2. The Morgan fingerprint density at radius 3 is 2.46 bits per heavy atom. The molecule has 3 aromatic rings. The highest BCUT2D eigenvalue weighted by molar-refractivity contribution is 6.06. The van der Waals surface area contributed by atoms with Crippen molar-refractivity contribution in [3.05, 3.63) is 54.2 Å². The zero-order valence-electron chi connectivity index (χ0n) is 16.5. The second-order valence-corrected chi connectivity index (χ2v) is 6.47. The third-order valence-corrected chi connectivity index (χ3v) is 4.07. The molecule has 1 N–H and O–H groups in total. The molecule has 0 bridgehead atoms. The Labute approximate surface area is 164 Å². The molecule has 3 rings (SSSR count). The van der Waals surface area contributed by atoms with Crippen molar-refractivity contribution >= 4 is 28.2 Å². The van der Waals surface area contributed by atoms with Crippen molar-refractivity contribution in [2.75, 3.05) is 19.0 Å². The predicted molar refractivity (Wildman–Crippen MR) is 110 cm³/mol. The fourth-order valence-corrected chi connectivity index (χ4v) is 2.83. The molecule has 0 saturated carbocycles. The van der Waals surface area contributed by atoms with E-state index in [1.807, 2.05) is 56.3 Å². The largest absolute Gasteiger partial charge is 0.497 e. The van der Waals surface area contributed by atoms with Crippen LogP contribution < -0.4 is 14.8 Å². The normalized spacial score (nSPS) is 10.8. The molecule has 0 aliphatic rings. The van der Waals surface area contributed by atoms with Crippen molar-refractivity contribution in [1.82, 2.24) is 4.98 Å². The number of ether oxygens (including phenoxy) is 3. The lowest BCUT2D eigenvalue weighted by Crippen LogP contribution is -2.09. The van der Waals surface area contributed by atoms with E-state index in [1.54, 1.807) is 14.0 Å². The predicted octanol–water partition coefficient (Wildman–Crippen LogP) is 4.95. The first-order chi connectivity index (χ1) is 13.5. The zero-order valence-corrected chi connectivity index (χ0v) is 16.5. The minimum Gasteiger partial charge on any atom is -0.497 e. The van der Waals surface area contributed by atoms with Gasteiger partial charge in [-0.15, -0.1) is 0 Å². The average Bonchev–Trinajstić information content (AvgIpc) is 2.69. The van der Waals surface area contributed by atoms with Gasteiger partial charge in [-0.3, -0.25) is 4.98 Å². The number of rotatable bonds is 7. The smallest absolute Gasteiger partial charge is 0.341 e. The number of carbonyl (C=O) groups is 1. The number of hydrogen-bond donors (Lipinski definition) is 1. The third kappa shape index (κ3) is 4.34. The fraction of sp³-hybridized carbons (Fsp3) is 0.273. The summed E-state index contributed by atoms with van der Waals surface area (Å²) in [5.41, 5.74) is 2.55. The Balaban J connectivity index is 2.05. The van der Waals surface area contributed by atoms with Crippen molar-refractivity contribution in [3.8, 4) is 11.5 Å². The summed E-state index contributed by atoms with van der Waals surface area (Å²) in [6.45, 7) is 6.02. The highest BCUT2D eigenvalue weighted by Crippen LogP contribution is 2.32. The summed E-state index contributed by atoms with van der Waals surface area (Å²) in [5.74, 6) is 1.04. The van der Waals surface area contributed by atoms with Gasteiger partial charge < -0.3 is 19.5 Å². The average molecular weight is 380 g/mol. The van der Waals surface area contributed by atoms with Crippen LogP contribution in [0.5, 0.6) is 11.5 Å². The first kappa shape index (κ1) is 19.5. The molecule has 0 unspecified atom stereocenters. The third-order valence-electron chi connectivity index (χ3n) is 4.07. The van der Waals surface area contributed by atoms with Crippen LogP contribution in [-0.2, 0) is 4.74 Å². The number of carbonyl (C=O) groups excluding carboxylic acids is 1. The molecule has 0 saturated heterocycles. The number of fused-ring (bicyclic) bond motifs is 1. The molecule has 28 heavy (non-hydrogen) atoms. The summed E-state index contributed by atoms with van der Waals surface area (Å²) >= 11 is 0. The molecular formula is C22H24N2O4. The lowest BCUT2D eigenvalue weighted by Gasteiger charge is -2.15. The molecule has 2 aromatic carbocycles. The van der Waals surface area contributed by atoms with Gasteiger partial charge in [0.25, 0.3) is 0 Å². The fourth-order valence-electron chi connectivity index (χ4n) is 2.83. The van der Waals surface area contributed by atoms with E-state index >= 15 is 0 Å². The quantitative estimate of drug-likeness (QED) is 0.585. The zero-order chi connectivity index (χ0) is 20.1. The maximum Gasteiger partial charge on any atom is 0.341 e. The lowest BCUT2D eigenvalue weighted by molar-refractivity contribution is 0.0527. The monoisotopic (exact) mass is 380 g/mol. The van der Waals surface area contributed by atoms with Crippen LogP contribution in [0.4, 0.5) is 11.4 Å². The van der Waals surface area contributed by atoms with E-state index < -0.39 is 5.97 Å². The highest BCUT2D eigenvalue weighted by Gasteiger charge is 2.17. The van der Waals surface area contributed by atoms with Gasteiger partial charge in [0.15, 0.2) is 0 Å². The Morgan fingerprint density at radius 2 is 1.82 bits per heavy atom. The Hall–Kier alpha value is -3.28. The summed E-state index contributed by atoms with van der Waals surface area (Å²) in [5, 5.41) is 4.11. The first-order valence-electron chi connectivity index (χ1n) is 9.19. The Morgan fingerprint density at radius 1 is 1.11 bits per heavy atom. The van der Waals surface area contributed by atoms with Gasteiger partial charge in [0, 0.05) is 17.3 Å². The van der Waals surface area contributed by atoms with Gasteiger partial charge in [-0.25, -0.2) is 4.79 Å². The standard InChI is InChI=1S/C22H24N2O4/c1-5-27-22(25)19-13-23-20-11-10-17(26-4)12-18(20)21(19)24-15-6-8-16(9-7-15)28-14(2)3/h6-14H,5H2,1-4H3,(H,23,24). The topological polar surface area (TPSA) is 69.7 Å². The number of nitrogens with zero attached hydrogens (tertiary/aromatic N) is 1. The van der Waals surface area contributed by atoms with Crippen molar-refractivity contribution < 1.29 is 19.0 Å². The molecule has 0 spiro atoms. The molecular weight excluding hydrogens is 356 g/mol. The molecule has 0 aliphatic carbocycles. The van der Waals surface area contributed by atoms with Crippen molar-refractivity contribution in [3.63, 3.8) is 0 Å². The van der Waals surface area contributed by atoms with Gasteiger partial charge in [-0.05, 0) is 63.2 Å². The van der Waals surface area contributed by atoms with Crippen LogP contribution in [0, 0.1) is 0 Å². The van der Waals surface area contributed by atoms with Gasteiger partial charge in [0.2, 0.25) is 0 Å². The van der Waals surface area contributed by atoms with Crippen LogP contribution in [0.15, 0.2) is 48.7 Å². The summed E-state index contributed by atoms with van der Waals surface area (Å²) in [6.07, 6.45) is 1.64. The molecule has 0 aliphatic heterocycles. The van der Waals surface area contributed by atoms with E-state index in [4.69, 9.17) is 14.2 Å². The first-order valence-corrected chi connectivity index (χ1v) is 9.19. The summed E-state index contributed by atoms with van der Waals surface area (Å²) in [4.78, 5) is 16.9. The van der Waals surface area contributed by atoms with Crippen LogP contribution >= 0.6 is 0 Å². The van der Waals surface area contributed by atoms with E-state index in [1.165, 1.54) is 6.20 Å². The van der Waals surface area contributed by atoms with Crippen LogP contribution in [0.1, 0.15) is 31.1 Å². The molecule has 0 radical (unpaired) electrons. The number of anilines is 2. The molecule has 0 atom stereocenters. The van der Waals surface area contributed by atoms with Crippen LogP contribution in [-0.4, -0.2) is 30.8 Å². The number of pyridine rings is 1. The van der Waals surface area contributed by atoms with E-state index in [0.29, 0.717) is 17.0 Å². The van der Waals surface area contributed by atoms with E-state index in [9.17, 15) is 4.79 Å². The molecule has 6 nitrogen and oxygen atoms in total. The molecule has 1 heterocycles. The van der Waals surface area contributed by atoms with Gasteiger partial charge >= 0.3 is 5.97 Å². The number of nitrogens with one attached hydrogen (secondary N) is 1. The van der Waals surface area contributed by atoms with Gasteiger partial charge in [0.1, 0.15) is 17.1 Å². The number of esters is 1. The van der Waals surface area contributed by atoms with Crippen LogP contribution in [0.3, 0.4) is 0 Å². The Bertz CT molecular complexity index is 968. The molecule has 0 fully saturated rings. The Kier molecular flexibility index (Phi) is 5.99. The molecule has 146 valence electrons. The minimum atomic E-state index is -0.429. The number of benzene rings is 2. The molecule has 1 aromatic heterocycles. The van der Waals surface area contributed by atoms with Gasteiger partial charge in [-0.2, -0.15) is 0 Å². The second kappa shape index (κ2) is 8.61. The van der Waals surface area contributed by atoms with E-state index in [2.05, 4.69) is 10.3 Å². The lowest BCUT2D eigenvalue weighted by atomic mass is 10.1. The van der Waals surface area contributed by atoms with Gasteiger partial charge in [0.05, 0.1) is 31.0 Å². The van der Waals surface area contributed by atoms with Crippen molar-refractivity contribution in [2.45, 2.75) is 26.9 Å². The van der Waals surface area contributed by atoms with E-state index in [0.717, 1.165) is 22.3 Å². The number of methoxy groups -OCH3 is 1. The minimum absolute atomic E-state index is 0.103. The summed E-state index contributed by atoms with van der Waals surface area (Å²) in [6, 6.07) is 13.1. The number of aromatic nitrogens is 1.